The molecule has 0 spiro atoms. The van der Waals surface area contributed by atoms with E-state index in [4.69, 9.17) is 5.73 Å². The van der Waals surface area contributed by atoms with Crippen LogP contribution in [0.5, 0.6) is 0 Å². The molecule has 1 aromatic carbocycles. The lowest BCUT2D eigenvalue weighted by Crippen LogP contribution is -3.00. The molecule has 12 heavy (non-hydrogen) atoms. The summed E-state index contributed by atoms with van der Waals surface area (Å²) in [7, 11) is 0. The molecule has 0 bridgehead atoms. The lowest BCUT2D eigenvalue weighted by Gasteiger charge is -1.96. The Bertz CT molecular complexity index is 278. The third kappa shape index (κ3) is 2.93. The first-order valence-electron chi connectivity index (χ1n) is 3.23. The molecule has 0 aromatic heterocycles. The molecular formula is C8H8BrClNO-. The molecule has 0 amide bonds. The molecule has 0 aliphatic rings. The number of Topliss-reactive ketones (excluding diaryl/α,β-unsaturated/α-hetero) is 1. The second kappa shape index (κ2) is 5.30. The van der Waals surface area contributed by atoms with Gasteiger partial charge in [-0.05, 0) is 12.1 Å². The third-order valence-electron chi connectivity index (χ3n) is 1.33. The predicted octanol–water partition coefficient (Wildman–Crippen LogP) is -1.41. The van der Waals surface area contributed by atoms with Crippen LogP contribution in [-0.4, -0.2) is 12.3 Å². The average Bonchev–Trinajstić information content (AvgIpc) is 2.03. The van der Waals surface area contributed by atoms with Crippen molar-refractivity contribution in [1.29, 1.82) is 0 Å². The van der Waals surface area contributed by atoms with Crippen molar-refractivity contribution in [2.45, 2.75) is 0 Å². The van der Waals surface area contributed by atoms with Gasteiger partial charge in [0.15, 0.2) is 5.78 Å². The van der Waals surface area contributed by atoms with Gasteiger partial charge in [-0.1, -0.05) is 28.1 Å². The fraction of sp³-hybridized carbons (Fsp3) is 0.125. The highest BCUT2D eigenvalue weighted by Crippen LogP contribution is 2.11. The minimum Gasteiger partial charge on any atom is -1.00 e. The van der Waals surface area contributed by atoms with E-state index in [1.165, 1.54) is 0 Å². The lowest BCUT2D eigenvalue weighted by atomic mass is 10.1. The van der Waals surface area contributed by atoms with Crippen molar-refractivity contribution in [2.75, 3.05) is 6.54 Å². The van der Waals surface area contributed by atoms with Crippen molar-refractivity contribution in [3.63, 3.8) is 0 Å². The van der Waals surface area contributed by atoms with Gasteiger partial charge in [-0.25, -0.2) is 0 Å². The summed E-state index contributed by atoms with van der Waals surface area (Å²) in [6.07, 6.45) is 0. The van der Waals surface area contributed by atoms with Crippen LogP contribution in [0.3, 0.4) is 0 Å². The normalized spacial score (nSPS) is 8.83. The largest absolute Gasteiger partial charge is 1.00 e. The number of hydrogen-bond acceptors (Lipinski definition) is 2. The first kappa shape index (κ1) is 11.6. The monoisotopic (exact) mass is 248 g/mol. The maximum atomic E-state index is 11.0. The van der Waals surface area contributed by atoms with Crippen LogP contribution in [0.1, 0.15) is 10.4 Å². The summed E-state index contributed by atoms with van der Waals surface area (Å²) in [5.74, 6) is -0.0358. The Kier molecular flexibility index (Phi) is 5.13. The minimum absolute atomic E-state index is 0. The summed E-state index contributed by atoms with van der Waals surface area (Å²) in [5, 5.41) is 0. The Labute approximate surface area is 85.7 Å². The zero-order valence-corrected chi connectivity index (χ0v) is 8.60. The molecule has 0 saturated heterocycles. The van der Waals surface area contributed by atoms with Crippen molar-refractivity contribution in [1.82, 2.24) is 0 Å². The third-order valence-corrected chi connectivity index (χ3v) is 1.83. The average molecular weight is 250 g/mol. The molecule has 0 aliphatic carbocycles. The van der Waals surface area contributed by atoms with Gasteiger partial charge in [-0.2, -0.15) is 0 Å². The standard InChI is InChI=1S/C8H8BrNO.ClH/c9-7-3-1-2-6(4-7)8(11)5-10;/h1-4H,5,10H2;1H/p-1. The summed E-state index contributed by atoms with van der Waals surface area (Å²) < 4.78 is 0.900. The second-order valence-corrected chi connectivity index (χ2v) is 3.05. The van der Waals surface area contributed by atoms with Crippen LogP contribution in [0.4, 0.5) is 0 Å². The highest BCUT2D eigenvalue weighted by atomic mass is 79.9. The summed E-state index contributed by atoms with van der Waals surface area (Å²) in [5.41, 5.74) is 5.84. The molecule has 0 aliphatic heterocycles. The van der Waals surface area contributed by atoms with Crippen molar-refractivity contribution < 1.29 is 17.2 Å². The molecule has 0 saturated carbocycles. The van der Waals surface area contributed by atoms with Crippen LogP contribution in [0, 0.1) is 0 Å². The van der Waals surface area contributed by atoms with Gasteiger partial charge in [-0.3, -0.25) is 4.79 Å². The van der Waals surface area contributed by atoms with Gasteiger partial charge in [0.1, 0.15) is 0 Å². The summed E-state index contributed by atoms with van der Waals surface area (Å²) in [6, 6.07) is 7.19. The molecule has 0 unspecified atom stereocenters. The van der Waals surface area contributed by atoms with Gasteiger partial charge in [0.2, 0.25) is 0 Å². The van der Waals surface area contributed by atoms with Crippen LogP contribution < -0.4 is 18.1 Å². The Morgan fingerprint density at radius 1 is 1.50 bits per heavy atom. The fourth-order valence-electron chi connectivity index (χ4n) is 0.780. The number of hydrogen-bond donors (Lipinski definition) is 1. The first-order chi connectivity index (χ1) is 5.24. The Morgan fingerprint density at radius 3 is 2.67 bits per heavy atom. The zero-order chi connectivity index (χ0) is 8.27. The number of carbonyl (C=O) groups excluding carboxylic acids is 1. The van der Waals surface area contributed by atoms with Gasteiger partial charge >= 0.3 is 0 Å². The molecule has 0 heterocycles. The number of nitrogens with two attached hydrogens (primary N) is 1. The van der Waals surface area contributed by atoms with E-state index in [2.05, 4.69) is 15.9 Å². The van der Waals surface area contributed by atoms with E-state index in [0.717, 1.165) is 4.47 Å². The molecule has 4 heteroatoms. The van der Waals surface area contributed by atoms with Crippen molar-refractivity contribution in [3.05, 3.63) is 34.3 Å². The van der Waals surface area contributed by atoms with E-state index in [-0.39, 0.29) is 24.7 Å². The van der Waals surface area contributed by atoms with Crippen LogP contribution in [0.2, 0.25) is 0 Å². The number of carbonyl (C=O) groups is 1. The minimum atomic E-state index is -0.0358. The van der Waals surface area contributed by atoms with Crippen LogP contribution in [0.25, 0.3) is 0 Å². The number of halogens is 2. The molecule has 0 atom stereocenters. The number of benzene rings is 1. The van der Waals surface area contributed by atoms with Gasteiger partial charge in [0.25, 0.3) is 0 Å². The summed E-state index contributed by atoms with van der Waals surface area (Å²) in [4.78, 5) is 11.0. The van der Waals surface area contributed by atoms with E-state index >= 15 is 0 Å². The van der Waals surface area contributed by atoms with Crippen LogP contribution >= 0.6 is 15.9 Å². The quantitative estimate of drug-likeness (QED) is 0.655. The number of ketones is 1. The molecule has 0 radical (unpaired) electrons. The molecule has 1 aromatic rings. The van der Waals surface area contributed by atoms with E-state index < -0.39 is 0 Å². The van der Waals surface area contributed by atoms with E-state index in [1.807, 2.05) is 12.1 Å². The molecule has 1 rings (SSSR count). The maximum absolute atomic E-state index is 11.0. The SMILES string of the molecule is NCC(=O)c1cccc(Br)c1.[Cl-]. The Hall–Kier alpha value is -0.380. The molecule has 2 N–H and O–H groups in total. The molecule has 2 nitrogen and oxygen atoms in total. The fourth-order valence-corrected chi connectivity index (χ4v) is 1.18. The zero-order valence-electron chi connectivity index (χ0n) is 6.26. The van der Waals surface area contributed by atoms with E-state index in [1.54, 1.807) is 12.1 Å². The molecule has 66 valence electrons. The second-order valence-electron chi connectivity index (χ2n) is 2.14. The molecular weight excluding hydrogens is 241 g/mol. The Morgan fingerprint density at radius 2 is 2.17 bits per heavy atom. The highest BCUT2D eigenvalue weighted by Gasteiger charge is 2.01. The smallest absolute Gasteiger partial charge is 0.176 e. The number of rotatable bonds is 2. The van der Waals surface area contributed by atoms with Crippen molar-refractivity contribution in [3.8, 4) is 0 Å². The van der Waals surface area contributed by atoms with Gasteiger partial charge in [0, 0.05) is 10.0 Å². The van der Waals surface area contributed by atoms with Gasteiger partial charge < -0.3 is 18.1 Å². The van der Waals surface area contributed by atoms with E-state index in [9.17, 15) is 4.79 Å². The van der Waals surface area contributed by atoms with Gasteiger partial charge in [0.05, 0.1) is 6.54 Å². The van der Waals surface area contributed by atoms with Crippen molar-refractivity contribution in [2.24, 2.45) is 5.73 Å². The topological polar surface area (TPSA) is 43.1 Å². The van der Waals surface area contributed by atoms with Gasteiger partial charge in [-0.15, -0.1) is 0 Å². The van der Waals surface area contributed by atoms with Crippen LogP contribution in [-0.2, 0) is 0 Å². The summed E-state index contributed by atoms with van der Waals surface area (Å²) in [6.45, 7) is 0.0659. The lowest BCUT2D eigenvalue weighted by molar-refractivity contribution is -0.00000978. The van der Waals surface area contributed by atoms with E-state index in [0.29, 0.717) is 5.56 Å². The summed E-state index contributed by atoms with van der Waals surface area (Å²) >= 11 is 3.27. The maximum Gasteiger partial charge on any atom is 0.176 e. The predicted molar refractivity (Wildman–Crippen MR) is 47.5 cm³/mol. The highest BCUT2D eigenvalue weighted by molar-refractivity contribution is 9.10. The molecule has 0 fully saturated rings. The van der Waals surface area contributed by atoms with Crippen LogP contribution in [0.15, 0.2) is 28.7 Å². The first-order valence-corrected chi connectivity index (χ1v) is 4.02. The van der Waals surface area contributed by atoms with Crippen molar-refractivity contribution >= 4 is 21.7 Å². The Balaban J connectivity index is 0.00000121.